The van der Waals surface area contributed by atoms with E-state index < -0.39 is 20.0 Å². The Hall–Kier alpha value is -2.24. The van der Waals surface area contributed by atoms with Crippen molar-refractivity contribution in [2.45, 2.75) is 23.6 Å². The first-order valence-electron chi connectivity index (χ1n) is 11.2. The molecule has 0 aromatic heterocycles. The number of guanidine groups is 2. The summed E-state index contributed by atoms with van der Waals surface area (Å²) in [5, 5.41) is 0. The van der Waals surface area contributed by atoms with E-state index in [-0.39, 0.29) is 21.7 Å². The summed E-state index contributed by atoms with van der Waals surface area (Å²) < 4.78 is 57.0. The van der Waals surface area contributed by atoms with Gasteiger partial charge in [0.2, 0.25) is 11.9 Å². The summed E-state index contributed by atoms with van der Waals surface area (Å²) in [7, 11) is -5.35. The minimum absolute atomic E-state index is 0.126. The second-order valence-corrected chi connectivity index (χ2v) is 15.0. The van der Waals surface area contributed by atoms with Crippen LogP contribution in [-0.4, -0.2) is 73.4 Å². The van der Waals surface area contributed by atoms with Crippen LogP contribution in [-0.2, 0) is 20.0 Å². The molecule has 2 aliphatic heterocycles. The van der Waals surface area contributed by atoms with Crippen molar-refractivity contribution < 1.29 is 16.8 Å². The molecule has 0 radical (unpaired) electrons. The summed E-state index contributed by atoms with van der Waals surface area (Å²) in [4.78, 5) is 12.0. The molecule has 0 atom stereocenters. The van der Waals surface area contributed by atoms with Crippen molar-refractivity contribution in [2.75, 3.05) is 26.2 Å². The number of nitrogens with one attached hydrogen (secondary N) is 2. The normalized spacial score (nSPS) is 15.7. The van der Waals surface area contributed by atoms with Crippen LogP contribution in [0.3, 0.4) is 0 Å². The number of aliphatic imine (C=N–C) groups is 2. The van der Waals surface area contributed by atoms with E-state index in [0.29, 0.717) is 34.8 Å². The standard InChI is InChI=1S/C22H24N6O4S6/c1-15-3-7-17(8-4-15)37(29,30)25-19-23-11-13-27(19)21(33)35-36-22(34)28-14-12-24-20(28)26-38(31,32)18-9-5-16(2)6-10-18/h3-10H,11-14H2,1-2H3,(H,23,25)(H,24,26). The minimum atomic E-state index is -3.83. The van der Waals surface area contributed by atoms with Gasteiger partial charge in [0.25, 0.3) is 20.0 Å². The summed E-state index contributed by atoms with van der Waals surface area (Å²) >= 11 is 11.1. The van der Waals surface area contributed by atoms with Gasteiger partial charge in [-0.3, -0.25) is 19.8 Å². The predicted octanol–water partition coefficient (Wildman–Crippen LogP) is 2.85. The van der Waals surface area contributed by atoms with E-state index in [1.165, 1.54) is 24.3 Å². The molecule has 38 heavy (non-hydrogen) atoms. The Morgan fingerprint density at radius 2 is 1.05 bits per heavy atom. The molecule has 2 N–H and O–H groups in total. The Kier molecular flexibility index (Phi) is 8.99. The summed E-state index contributed by atoms with van der Waals surface area (Å²) in [6.45, 7) is 5.34. The lowest BCUT2D eigenvalue weighted by Crippen LogP contribution is -2.44. The highest BCUT2D eigenvalue weighted by Crippen LogP contribution is 2.30. The van der Waals surface area contributed by atoms with Crippen molar-refractivity contribution in [1.82, 2.24) is 19.2 Å². The summed E-state index contributed by atoms with van der Waals surface area (Å²) in [6, 6.07) is 13.0. The molecule has 2 aromatic carbocycles. The van der Waals surface area contributed by atoms with Gasteiger partial charge in [0.05, 0.1) is 22.9 Å². The first kappa shape index (κ1) is 28.8. The molecule has 202 valence electrons. The second kappa shape index (κ2) is 11.9. The van der Waals surface area contributed by atoms with Crippen molar-refractivity contribution in [1.29, 1.82) is 0 Å². The zero-order valence-corrected chi connectivity index (χ0v) is 25.2. The largest absolute Gasteiger partial charge is 0.295 e. The van der Waals surface area contributed by atoms with Crippen LogP contribution in [0.25, 0.3) is 0 Å². The van der Waals surface area contributed by atoms with Crippen LogP contribution in [0, 0.1) is 13.8 Å². The Balaban J connectivity index is 1.35. The number of benzene rings is 2. The Bertz CT molecular complexity index is 1390. The molecule has 0 fully saturated rings. The van der Waals surface area contributed by atoms with Gasteiger partial charge < -0.3 is 0 Å². The zero-order chi connectivity index (χ0) is 27.5. The highest BCUT2D eigenvalue weighted by atomic mass is 33.1. The average Bonchev–Trinajstić information content (AvgIpc) is 3.52. The van der Waals surface area contributed by atoms with Crippen LogP contribution in [0.1, 0.15) is 11.1 Å². The molecule has 0 saturated carbocycles. The lowest BCUT2D eigenvalue weighted by molar-refractivity contribution is 0.586. The van der Waals surface area contributed by atoms with Gasteiger partial charge in [-0.2, -0.15) is 0 Å². The van der Waals surface area contributed by atoms with E-state index in [1.807, 2.05) is 13.8 Å². The van der Waals surface area contributed by atoms with Crippen molar-refractivity contribution in [3.63, 3.8) is 0 Å². The van der Waals surface area contributed by atoms with Crippen LogP contribution in [0.15, 0.2) is 68.3 Å². The highest BCUT2D eigenvalue weighted by Gasteiger charge is 2.29. The van der Waals surface area contributed by atoms with Crippen LogP contribution in [0.2, 0.25) is 0 Å². The maximum absolute atomic E-state index is 12.8. The predicted molar refractivity (Wildman–Crippen MR) is 161 cm³/mol. The van der Waals surface area contributed by atoms with Crippen LogP contribution < -0.4 is 9.44 Å². The maximum atomic E-state index is 12.8. The third kappa shape index (κ3) is 6.84. The fourth-order valence-electron chi connectivity index (χ4n) is 3.38. The molecule has 16 heteroatoms. The molecule has 0 spiro atoms. The maximum Gasteiger partial charge on any atom is 0.264 e. The molecule has 2 heterocycles. The molecule has 0 aliphatic carbocycles. The van der Waals surface area contributed by atoms with Gasteiger partial charge in [-0.05, 0) is 59.7 Å². The molecule has 0 bridgehead atoms. The summed E-state index contributed by atoms with van der Waals surface area (Å²) in [5.41, 5.74) is 1.90. The van der Waals surface area contributed by atoms with Crippen molar-refractivity contribution in [3.8, 4) is 0 Å². The van der Waals surface area contributed by atoms with Crippen molar-refractivity contribution in [3.05, 3.63) is 59.7 Å². The third-order valence-corrected chi connectivity index (χ3v) is 11.7. The van der Waals surface area contributed by atoms with E-state index in [0.717, 1.165) is 32.7 Å². The number of thiocarbonyl (C=S) groups is 2. The molecule has 2 aromatic rings. The molecule has 10 nitrogen and oxygen atoms in total. The van der Waals surface area contributed by atoms with Gasteiger partial charge >= 0.3 is 0 Å². The topological polar surface area (TPSA) is 124 Å². The van der Waals surface area contributed by atoms with E-state index in [4.69, 9.17) is 24.4 Å². The molecule has 4 rings (SSSR count). The number of hydrogen-bond donors (Lipinski definition) is 2. The molecule has 2 aliphatic rings. The van der Waals surface area contributed by atoms with Crippen molar-refractivity contribution >= 4 is 86.6 Å². The number of nitrogens with zero attached hydrogens (tertiary/aromatic N) is 4. The molecule has 0 unspecified atom stereocenters. The monoisotopic (exact) mass is 628 g/mol. The highest BCUT2D eigenvalue weighted by molar-refractivity contribution is 8.89. The fraction of sp³-hybridized carbons (Fsp3) is 0.273. The van der Waals surface area contributed by atoms with E-state index in [9.17, 15) is 16.8 Å². The Morgan fingerprint density at radius 3 is 1.39 bits per heavy atom. The lowest BCUT2D eigenvalue weighted by atomic mass is 10.2. The van der Waals surface area contributed by atoms with Crippen LogP contribution in [0.5, 0.6) is 0 Å². The van der Waals surface area contributed by atoms with E-state index in [2.05, 4.69) is 19.4 Å². The third-order valence-electron chi connectivity index (χ3n) is 5.42. The van der Waals surface area contributed by atoms with Crippen LogP contribution >= 0.6 is 46.0 Å². The second-order valence-electron chi connectivity index (χ2n) is 8.25. The summed E-state index contributed by atoms with van der Waals surface area (Å²) in [5.74, 6) is 0.285. The minimum Gasteiger partial charge on any atom is -0.295 e. The number of hydrogen-bond acceptors (Lipinski definition) is 10. The molecular formula is C22H24N6O4S6. The smallest absolute Gasteiger partial charge is 0.264 e. The molecule has 0 amide bonds. The van der Waals surface area contributed by atoms with Crippen molar-refractivity contribution in [2.24, 2.45) is 9.98 Å². The Morgan fingerprint density at radius 1 is 0.711 bits per heavy atom. The van der Waals surface area contributed by atoms with Gasteiger partial charge in [-0.1, -0.05) is 59.8 Å². The van der Waals surface area contributed by atoms with Crippen LogP contribution in [0.4, 0.5) is 0 Å². The van der Waals surface area contributed by atoms with Gasteiger partial charge in [-0.15, -0.1) is 0 Å². The fourth-order valence-corrected chi connectivity index (χ4v) is 8.05. The van der Waals surface area contributed by atoms with Gasteiger partial charge in [0.1, 0.15) is 0 Å². The van der Waals surface area contributed by atoms with E-state index in [1.54, 1.807) is 34.1 Å². The quantitative estimate of drug-likeness (QED) is 0.386. The lowest BCUT2D eigenvalue weighted by Gasteiger charge is -2.23. The Labute approximate surface area is 240 Å². The first-order chi connectivity index (χ1) is 18.0. The number of rotatable bonds is 4. The molecule has 0 saturated heterocycles. The summed E-state index contributed by atoms with van der Waals surface area (Å²) in [6.07, 6.45) is 0. The average molecular weight is 629 g/mol. The first-order valence-corrected chi connectivity index (χ1v) is 17.1. The zero-order valence-electron chi connectivity index (χ0n) is 20.3. The number of aryl methyl sites for hydroxylation is 2. The molecular weight excluding hydrogens is 605 g/mol. The van der Waals surface area contributed by atoms with Gasteiger partial charge in [0.15, 0.2) is 8.64 Å². The number of sulfonamides is 2. The van der Waals surface area contributed by atoms with Gasteiger partial charge in [-0.25, -0.2) is 26.3 Å². The van der Waals surface area contributed by atoms with Gasteiger partial charge in [0, 0.05) is 13.1 Å². The van der Waals surface area contributed by atoms with E-state index >= 15 is 0 Å². The SMILES string of the molecule is Cc1ccc(S(=O)(=O)NC2=NCCN2C(=S)SSC(=S)N2CCN=C2NS(=O)(=O)c2ccc(C)cc2)cc1.